The predicted octanol–water partition coefficient (Wildman–Crippen LogP) is 8.77. The largest absolute Gasteiger partial charge is 0.477 e. The summed E-state index contributed by atoms with van der Waals surface area (Å²) >= 11 is 0. The summed E-state index contributed by atoms with van der Waals surface area (Å²) in [6, 6.07) is 2.20. The van der Waals surface area contributed by atoms with Crippen molar-refractivity contribution in [2.24, 2.45) is 5.92 Å². The van der Waals surface area contributed by atoms with Gasteiger partial charge in [-0.2, -0.15) is 0 Å². The van der Waals surface area contributed by atoms with E-state index < -0.39 is 40.6 Å². The third kappa shape index (κ3) is 5.97. The predicted molar refractivity (Wildman–Crippen MR) is 121 cm³/mol. The van der Waals surface area contributed by atoms with Crippen LogP contribution in [0.4, 0.5) is 22.0 Å². The maximum Gasteiger partial charge on any atom is 0.341 e. The number of unbranched alkanes of at least 4 members (excludes halogenated alkanes) is 5. The monoisotopic (exact) mass is 482 g/mol. The molecule has 0 heterocycles. The number of hydrogen-bond donors (Lipinski definition) is 1. The Bertz CT molecular complexity index is 990. The van der Waals surface area contributed by atoms with Crippen LogP contribution in [0.3, 0.4) is 0 Å². The van der Waals surface area contributed by atoms with Crippen molar-refractivity contribution in [1.82, 2.24) is 0 Å². The second kappa shape index (κ2) is 11.8. The quantitative estimate of drug-likeness (QED) is 0.209. The maximum absolute atomic E-state index is 15.3. The van der Waals surface area contributed by atoms with Crippen molar-refractivity contribution in [3.8, 4) is 11.1 Å². The molecule has 0 atom stereocenters. The Labute approximate surface area is 197 Å². The summed E-state index contributed by atoms with van der Waals surface area (Å²) in [6.45, 7) is 2.18. The van der Waals surface area contributed by atoms with Crippen molar-refractivity contribution >= 4 is 5.97 Å². The molecule has 0 aliphatic heterocycles. The van der Waals surface area contributed by atoms with E-state index in [4.69, 9.17) is 0 Å². The van der Waals surface area contributed by atoms with E-state index in [1.807, 2.05) is 0 Å². The van der Waals surface area contributed by atoms with Crippen LogP contribution >= 0.6 is 0 Å². The lowest BCUT2D eigenvalue weighted by Gasteiger charge is -2.30. The van der Waals surface area contributed by atoms with E-state index in [1.54, 1.807) is 0 Å². The Hall–Kier alpha value is -2.44. The number of rotatable bonds is 10. The van der Waals surface area contributed by atoms with Gasteiger partial charge in [0.1, 0.15) is 17.2 Å². The first-order valence-electron chi connectivity index (χ1n) is 12.1. The molecule has 0 saturated heterocycles. The molecule has 0 unspecified atom stereocenters. The topological polar surface area (TPSA) is 37.3 Å². The van der Waals surface area contributed by atoms with Crippen molar-refractivity contribution in [3.63, 3.8) is 0 Å². The molecule has 2 aromatic carbocycles. The molecule has 2 nitrogen and oxygen atoms in total. The first-order chi connectivity index (χ1) is 16.2. The minimum absolute atomic E-state index is 0.170. The van der Waals surface area contributed by atoms with Crippen molar-refractivity contribution in [1.29, 1.82) is 0 Å². The summed E-state index contributed by atoms with van der Waals surface area (Å²) in [5.74, 6) is -9.00. The molecule has 1 fully saturated rings. The first-order valence-corrected chi connectivity index (χ1v) is 12.1. The van der Waals surface area contributed by atoms with Gasteiger partial charge in [-0.1, -0.05) is 51.9 Å². The van der Waals surface area contributed by atoms with Gasteiger partial charge >= 0.3 is 5.97 Å². The number of hydrogen-bond acceptors (Lipinski definition) is 1. The molecule has 1 saturated carbocycles. The summed E-state index contributed by atoms with van der Waals surface area (Å²) in [5.41, 5.74) is -1.75. The summed E-state index contributed by atoms with van der Waals surface area (Å²) in [5, 5.41) is 9.27. The Morgan fingerprint density at radius 1 is 0.824 bits per heavy atom. The molecule has 186 valence electrons. The highest BCUT2D eigenvalue weighted by atomic mass is 19.2. The normalized spacial score (nSPS) is 18.3. The van der Waals surface area contributed by atoms with Crippen molar-refractivity contribution in [2.45, 2.75) is 83.5 Å². The van der Waals surface area contributed by atoms with Crippen LogP contribution in [0.1, 0.15) is 99.4 Å². The second-order valence-electron chi connectivity index (χ2n) is 9.34. The van der Waals surface area contributed by atoms with Gasteiger partial charge in [-0.15, -0.1) is 0 Å². The van der Waals surface area contributed by atoms with Crippen molar-refractivity contribution in [2.75, 3.05) is 0 Å². The van der Waals surface area contributed by atoms with Crippen LogP contribution in [0, 0.1) is 35.0 Å². The molecule has 1 N–H and O–H groups in total. The number of carboxylic acid groups (broad SMARTS) is 1. The number of benzene rings is 2. The van der Waals surface area contributed by atoms with Gasteiger partial charge in [-0.25, -0.2) is 26.7 Å². The molecule has 0 bridgehead atoms. The Kier molecular flexibility index (Phi) is 9.09. The average Bonchev–Trinajstić information content (AvgIpc) is 2.79. The second-order valence-corrected chi connectivity index (χ2v) is 9.34. The van der Waals surface area contributed by atoms with Crippen LogP contribution < -0.4 is 0 Å². The van der Waals surface area contributed by atoms with Gasteiger partial charge in [0.2, 0.25) is 0 Å². The van der Waals surface area contributed by atoms with Gasteiger partial charge < -0.3 is 5.11 Å². The zero-order chi connectivity index (χ0) is 24.8. The fraction of sp³-hybridized carbons (Fsp3) is 0.519. The summed E-state index contributed by atoms with van der Waals surface area (Å²) in [6.07, 6.45) is 11.3. The number of halogens is 5. The zero-order valence-corrected chi connectivity index (χ0v) is 19.4. The van der Waals surface area contributed by atoms with Crippen LogP contribution in [0.25, 0.3) is 11.1 Å². The highest BCUT2D eigenvalue weighted by Crippen LogP contribution is 2.43. The first kappa shape index (κ1) is 26.2. The van der Waals surface area contributed by atoms with E-state index in [0.717, 1.165) is 31.7 Å². The minimum atomic E-state index is -1.83. The number of carboxylic acids is 1. The lowest BCUT2D eigenvalue weighted by molar-refractivity contribution is 0.0686. The van der Waals surface area contributed by atoms with Crippen LogP contribution in [-0.2, 0) is 0 Å². The molecular weight excluding hydrogens is 451 g/mol. The summed E-state index contributed by atoms with van der Waals surface area (Å²) in [4.78, 5) is 11.4. The molecule has 3 rings (SSSR count). The molecule has 7 heteroatoms. The third-order valence-electron chi connectivity index (χ3n) is 6.99. The lowest BCUT2D eigenvalue weighted by atomic mass is 9.75. The third-order valence-corrected chi connectivity index (χ3v) is 6.99. The van der Waals surface area contributed by atoms with Crippen LogP contribution in [-0.4, -0.2) is 11.1 Å². The number of carbonyl (C=O) groups is 1. The fourth-order valence-electron chi connectivity index (χ4n) is 5.12. The van der Waals surface area contributed by atoms with E-state index in [2.05, 4.69) is 6.92 Å². The van der Waals surface area contributed by atoms with Gasteiger partial charge in [-0.05, 0) is 66.8 Å². The van der Waals surface area contributed by atoms with E-state index in [9.17, 15) is 27.5 Å². The van der Waals surface area contributed by atoms with E-state index in [0.29, 0.717) is 30.9 Å². The van der Waals surface area contributed by atoms with Gasteiger partial charge in [-0.3, -0.25) is 0 Å². The molecule has 34 heavy (non-hydrogen) atoms. The maximum atomic E-state index is 15.3. The van der Waals surface area contributed by atoms with Gasteiger partial charge in [0.15, 0.2) is 17.5 Å². The molecule has 2 aromatic rings. The van der Waals surface area contributed by atoms with E-state index >= 15 is 4.39 Å². The highest BCUT2D eigenvalue weighted by Gasteiger charge is 2.31. The Balaban J connectivity index is 1.83. The Morgan fingerprint density at radius 2 is 1.41 bits per heavy atom. The molecule has 0 amide bonds. The van der Waals surface area contributed by atoms with E-state index in [1.165, 1.54) is 32.1 Å². The molecule has 1 aliphatic rings. The van der Waals surface area contributed by atoms with E-state index in [-0.39, 0.29) is 22.6 Å². The van der Waals surface area contributed by atoms with Crippen LogP contribution in [0.15, 0.2) is 18.2 Å². The van der Waals surface area contributed by atoms with Gasteiger partial charge in [0.25, 0.3) is 0 Å². The lowest BCUT2D eigenvalue weighted by Crippen LogP contribution is -2.16. The SMILES string of the molecule is CCCCCCCCC1CCC(c2cc(F)c(C(=O)O)c(F)c2-c2cc(F)c(F)c(F)c2)CC1. The van der Waals surface area contributed by atoms with Crippen LogP contribution in [0.2, 0.25) is 0 Å². The zero-order valence-electron chi connectivity index (χ0n) is 19.4. The highest BCUT2D eigenvalue weighted by molar-refractivity contribution is 5.91. The van der Waals surface area contributed by atoms with Gasteiger partial charge in [0, 0.05) is 5.56 Å². The summed E-state index contributed by atoms with van der Waals surface area (Å²) < 4.78 is 71.1. The van der Waals surface area contributed by atoms with Crippen molar-refractivity contribution in [3.05, 3.63) is 58.4 Å². The average molecular weight is 483 g/mol. The Morgan fingerprint density at radius 3 is 2.00 bits per heavy atom. The molecule has 1 aliphatic carbocycles. The van der Waals surface area contributed by atoms with Crippen molar-refractivity contribution < 1.29 is 31.9 Å². The fourth-order valence-corrected chi connectivity index (χ4v) is 5.12. The number of aromatic carboxylic acids is 1. The smallest absolute Gasteiger partial charge is 0.341 e. The standard InChI is InChI=1S/C27H31F5O2/c1-2-3-4-5-6-7-8-16-9-11-17(12-10-16)19-15-20(28)24(27(33)34)26(32)23(19)18-13-21(29)25(31)22(30)14-18/h13-17H,2-12H2,1H3,(H,33,34). The molecule has 0 aromatic heterocycles. The van der Waals surface area contributed by atoms with Gasteiger partial charge in [0.05, 0.1) is 0 Å². The molecule has 0 spiro atoms. The molecular formula is C27H31F5O2. The summed E-state index contributed by atoms with van der Waals surface area (Å²) in [7, 11) is 0. The van der Waals surface area contributed by atoms with Crippen LogP contribution in [0.5, 0.6) is 0 Å². The minimum Gasteiger partial charge on any atom is -0.477 e. The molecule has 0 radical (unpaired) electrons.